The first-order valence-electron chi connectivity index (χ1n) is 14.0. The fourth-order valence-corrected chi connectivity index (χ4v) is 6.27. The second kappa shape index (κ2) is 14.2. The lowest BCUT2D eigenvalue weighted by Gasteiger charge is -2.38. The number of fused-ring (bicyclic) bond motifs is 1. The van der Waals surface area contributed by atoms with E-state index in [2.05, 4.69) is 10.2 Å². The van der Waals surface area contributed by atoms with Gasteiger partial charge in [0.05, 0.1) is 42.9 Å². The molecule has 0 unspecified atom stereocenters. The predicted octanol–water partition coefficient (Wildman–Crippen LogP) is 2.54. The number of morpholine rings is 1. The van der Waals surface area contributed by atoms with Crippen LogP contribution in [0.2, 0.25) is 5.02 Å². The Kier molecular flexibility index (Phi) is 10.8. The predicted molar refractivity (Wildman–Crippen MR) is 159 cm³/mol. The van der Waals surface area contributed by atoms with E-state index in [1.807, 2.05) is 6.92 Å². The minimum absolute atomic E-state index is 0.0150. The Hall–Kier alpha value is -2.74. The first kappa shape index (κ1) is 32.2. The van der Waals surface area contributed by atoms with E-state index >= 15 is 0 Å². The van der Waals surface area contributed by atoms with Crippen molar-refractivity contribution in [2.24, 2.45) is 5.92 Å². The van der Waals surface area contributed by atoms with Gasteiger partial charge in [-0.2, -0.15) is 4.31 Å². The maximum absolute atomic E-state index is 13.7. The summed E-state index contributed by atoms with van der Waals surface area (Å²) in [6, 6.07) is 10.3. The molecule has 2 aromatic carbocycles. The zero-order valence-corrected chi connectivity index (χ0v) is 25.7. The molecule has 11 nitrogen and oxygen atoms in total. The SMILES string of the molecule is C[C@@H]1CN([C@@H](C)CO)C(=O)c2cc(NC(=O)CCN3CCOCC3)ccc2O[C@@H]1CN(C)S(=O)(=O)c1ccc(Cl)cc1. The van der Waals surface area contributed by atoms with Crippen LogP contribution in [0.15, 0.2) is 47.4 Å². The van der Waals surface area contributed by atoms with Crippen molar-refractivity contribution in [1.82, 2.24) is 14.1 Å². The van der Waals surface area contributed by atoms with Gasteiger partial charge in [-0.3, -0.25) is 14.5 Å². The van der Waals surface area contributed by atoms with Gasteiger partial charge in [-0.25, -0.2) is 8.42 Å². The summed E-state index contributed by atoms with van der Waals surface area (Å²) in [6.45, 7) is 7.11. The van der Waals surface area contributed by atoms with Crippen molar-refractivity contribution in [1.29, 1.82) is 0 Å². The molecule has 0 spiro atoms. The molecule has 13 heteroatoms. The molecule has 2 heterocycles. The lowest BCUT2D eigenvalue weighted by molar-refractivity contribution is -0.116. The van der Waals surface area contributed by atoms with E-state index in [1.54, 1.807) is 30.0 Å². The van der Waals surface area contributed by atoms with Crippen LogP contribution in [0.3, 0.4) is 0 Å². The Balaban J connectivity index is 1.55. The van der Waals surface area contributed by atoms with Crippen LogP contribution >= 0.6 is 11.6 Å². The van der Waals surface area contributed by atoms with Crippen LogP contribution < -0.4 is 10.1 Å². The van der Waals surface area contributed by atoms with Crippen molar-refractivity contribution in [2.75, 3.05) is 64.9 Å². The van der Waals surface area contributed by atoms with Crippen LogP contribution in [0.4, 0.5) is 5.69 Å². The number of anilines is 1. The number of sulfonamides is 1. The average molecular weight is 623 g/mol. The highest BCUT2D eigenvalue weighted by atomic mass is 35.5. The molecule has 1 saturated heterocycles. The monoisotopic (exact) mass is 622 g/mol. The van der Waals surface area contributed by atoms with Crippen molar-refractivity contribution in [3.63, 3.8) is 0 Å². The van der Waals surface area contributed by atoms with Crippen LogP contribution in [-0.4, -0.2) is 111 Å². The zero-order chi connectivity index (χ0) is 30.4. The Bertz CT molecular complexity index is 1350. The highest BCUT2D eigenvalue weighted by Gasteiger charge is 2.35. The second-order valence-corrected chi connectivity index (χ2v) is 13.3. The molecule has 4 rings (SSSR count). The fraction of sp³-hybridized carbons (Fsp3) is 0.517. The Morgan fingerprint density at radius 1 is 1.19 bits per heavy atom. The number of likely N-dealkylation sites (N-methyl/N-ethyl adjacent to an activating group) is 1. The molecule has 0 saturated carbocycles. The molecule has 0 aliphatic carbocycles. The Morgan fingerprint density at radius 2 is 1.88 bits per heavy atom. The third kappa shape index (κ3) is 7.80. The summed E-state index contributed by atoms with van der Waals surface area (Å²) in [7, 11) is -2.36. The molecule has 42 heavy (non-hydrogen) atoms. The van der Waals surface area contributed by atoms with Crippen molar-refractivity contribution in [3.8, 4) is 5.75 Å². The van der Waals surface area contributed by atoms with Crippen molar-refractivity contribution < 1.29 is 32.6 Å². The number of hydrogen-bond donors (Lipinski definition) is 2. The number of amides is 2. The van der Waals surface area contributed by atoms with E-state index in [0.717, 1.165) is 13.1 Å². The summed E-state index contributed by atoms with van der Waals surface area (Å²) >= 11 is 5.94. The van der Waals surface area contributed by atoms with Crippen molar-refractivity contribution in [2.45, 2.75) is 37.3 Å². The van der Waals surface area contributed by atoms with Gasteiger partial charge in [0.25, 0.3) is 5.91 Å². The van der Waals surface area contributed by atoms with Crippen molar-refractivity contribution in [3.05, 3.63) is 53.1 Å². The number of carbonyl (C=O) groups excluding carboxylic acids is 2. The molecule has 0 aromatic heterocycles. The zero-order valence-electron chi connectivity index (χ0n) is 24.2. The number of benzene rings is 2. The van der Waals surface area contributed by atoms with Crippen molar-refractivity contribution >= 4 is 39.1 Å². The topological polar surface area (TPSA) is 129 Å². The number of hydrogen-bond acceptors (Lipinski definition) is 8. The molecule has 0 bridgehead atoms. The van der Waals surface area contributed by atoms with Gasteiger partial charge in [0.2, 0.25) is 15.9 Å². The molecular formula is C29H39ClN4O7S. The average Bonchev–Trinajstić information content (AvgIpc) is 2.98. The number of nitrogens with one attached hydrogen (secondary N) is 1. The quantitative estimate of drug-likeness (QED) is 0.414. The highest BCUT2D eigenvalue weighted by molar-refractivity contribution is 7.89. The Labute approximate surface area is 252 Å². The largest absolute Gasteiger partial charge is 0.488 e. The van der Waals surface area contributed by atoms with Crippen LogP contribution in [0.1, 0.15) is 30.6 Å². The van der Waals surface area contributed by atoms with Gasteiger partial charge in [-0.15, -0.1) is 0 Å². The maximum Gasteiger partial charge on any atom is 0.258 e. The number of aliphatic hydroxyl groups excluding tert-OH is 1. The lowest BCUT2D eigenvalue weighted by atomic mass is 9.99. The van der Waals surface area contributed by atoms with Crippen LogP contribution in [-0.2, 0) is 19.6 Å². The first-order chi connectivity index (χ1) is 20.0. The minimum Gasteiger partial charge on any atom is -0.488 e. The Morgan fingerprint density at radius 3 is 2.55 bits per heavy atom. The normalized spacial score (nSPS) is 20.8. The molecule has 230 valence electrons. The fourth-order valence-electron chi connectivity index (χ4n) is 4.96. The van der Waals surface area contributed by atoms with Crippen LogP contribution in [0.5, 0.6) is 5.75 Å². The van der Waals surface area contributed by atoms with E-state index in [9.17, 15) is 23.1 Å². The number of rotatable bonds is 10. The summed E-state index contributed by atoms with van der Waals surface area (Å²) < 4.78 is 39.4. The van der Waals surface area contributed by atoms with Gasteiger partial charge < -0.3 is 24.8 Å². The molecule has 3 atom stereocenters. The highest BCUT2D eigenvalue weighted by Crippen LogP contribution is 2.31. The molecule has 2 amide bonds. The minimum atomic E-state index is -3.84. The van der Waals surface area contributed by atoms with E-state index in [1.165, 1.54) is 35.6 Å². The van der Waals surface area contributed by atoms with E-state index in [0.29, 0.717) is 36.9 Å². The second-order valence-electron chi connectivity index (χ2n) is 10.8. The molecule has 0 radical (unpaired) electrons. The maximum atomic E-state index is 13.7. The van der Waals surface area contributed by atoms with Gasteiger partial charge in [0, 0.05) is 56.3 Å². The van der Waals surface area contributed by atoms with Gasteiger partial charge in [-0.05, 0) is 49.4 Å². The summed E-state index contributed by atoms with van der Waals surface area (Å²) in [6.07, 6.45) is -0.324. The third-order valence-electron chi connectivity index (χ3n) is 7.67. The third-order valence-corrected chi connectivity index (χ3v) is 9.76. The number of carbonyl (C=O) groups is 2. The van der Waals surface area contributed by atoms with E-state index < -0.39 is 22.2 Å². The van der Waals surface area contributed by atoms with Gasteiger partial charge in [-0.1, -0.05) is 18.5 Å². The van der Waals surface area contributed by atoms with Crippen LogP contribution in [0.25, 0.3) is 0 Å². The lowest BCUT2D eigenvalue weighted by Crippen LogP contribution is -2.50. The summed E-state index contributed by atoms with van der Waals surface area (Å²) in [5.74, 6) is -0.529. The number of aliphatic hydroxyl groups is 1. The molecule has 2 aromatic rings. The molecule has 2 aliphatic rings. The smallest absolute Gasteiger partial charge is 0.258 e. The summed E-state index contributed by atoms with van der Waals surface area (Å²) in [5.41, 5.74) is 0.670. The van der Waals surface area contributed by atoms with Gasteiger partial charge in [0.1, 0.15) is 11.9 Å². The van der Waals surface area contributed by atoms with E-state index in [-0.39, 0.29) is 53.6 Å². The summed E-state index contributed by atoms with van der Waals surface area (Å²) in [5, 5.41) is 13.2. The number of ether oxygens (including phenoxy) is 2. The molecule has 2 N–H and O–H groups in total. The summed E-state index contributed by atoms with van der Waals surface area (Å²) in [4.78, 5) is 30.2. The van der Waals surface area contributed by atoms with Crippen LogP contribution in [0, 0.1) is 5.92 Å². The molecule has 2 aliphatic heterocycles. The first-order valence-corrected chi connectivity index (χ1v) is 15.9. The number of halogens is 1. The molecule has 1 fully saturated rings. The van der Waals surface area contributed by atoms with E-state index in [4.69, 9.17) is 21.1 Å². The molecular weight excluding hydrogens is 584 g/mol. The van der Waals surface area contributed by atoms with Gasteiger partial charge >= 0.3 is 0 Å². The van der Waals surface area contributed by atoms with Gasteiger partial charge in [0.15, 0.2) is 0 Å². The standard InChI is InChI=1S/C29H39ClN4O7S/c1-20-17-34(21(2)19-35)29(37)25-16-23(31-28(36)10-11-33-12-14-40-15-13-33)6-9-26(25)41-27(20)18-32(3)42(38,39)24-7-4-22(30)5-8-24/h4-9,16,20-21,27,35H,10-15,17-19H2,1-3H3,(H,31,36)/t20-,21+,27-/m1/s1. The number of nitrogens with zero attached hydrogens (tertiary/aromatic N) is 3.